The number of amides is 1. The fraction of sp³-hybridized carbons (Fsp3) is 0.273. The third kappa shape index (κ3) is 4.38. The number of rotatable bonds is 7. The van der Waals surface area contributed by atoms with Gasteiger partial charge < -0.3 is 10.1 Å². The number of benzene rings is 2. The molecule has 2 aromatic carbocycles. The standard InChI is InChI=1S/C22H24N2O5S/c1-4-29-22(26)20(23-16(3)25)13-17-14-24(21-8-6-5-7-19(17)21)30(27,28)18-11-9-15(2)10-12-18/h5-12,14,20H,4,13H2,1-3H3,(H,23,25). The third-order valence-corrected chi connectivity index (χ3v) is 6.40. The Balaban J connectivity index is 2.08. The van der Waals surface area contributed by atoms with Crippen LogP contribution in [0.4, 0.5) is 0 Å². The lowest BCUT2D eigenvalue weighted by molar-refractivity contribution is -0.147. The molecule has 1 aromatic heterocycles. The van der Waals surface area contributed by atoms with Crippen LogP contribution in [0.3, 0.4) is 0 Å². The number of esters is 1. The molecule has 7 nitrogen and oxygen atoms in total. The van der Waals surface area contributed by atoms with Gasteiger partial charge in [-0.3, -0.25) is 4.79 Å². The van der Waals surface area contributed by atoms with Crippen molar-refractivity contribution in [2.45, 2.75) is 38.1 Å². The Labute approximate surface area is 175 Å². The monoisotopic (exact) mass is 428 g/mol. The average molecular weight is 429 g/mol. The number of aromatic nitrogens is 1. The van der Waals surface area contributed by atoms with Gasteiger partial charge in [0.2, 0.25) is 5.91 Å². The van der Waals surface area contributed by atoms with Gasteiger partial charge in [-0.1, -0.05) is 35.9 Å². The van der Waals surface area contributed by atoms with Crippen molar-refractivity contribution in [2.75, 3.05) is 6.61 Å². The average Bonchev–Trinajstić information content (AvgIpc) is 3.07. The number of para-hydroxylation sites is 1. The SMILES string of the molecule is CCOC(=O)C(Cc1cn(S(=O)(=O)c2ccc(C)cc2)c2ccccc12)NC(C)=O. The zero-order chi connectivity index (χ0) is 21.9. The van der Waals surface area contributed by atoms with Crippen LogP contribution in [0.25, 0.3) is 10.9 Å². The second-order valence-corrected chi connectivity index (χ2v) is 8.81. The molecule has 0 saturated carbocycles. The molecule has 0 aliphatic carbocycles. The first kappa shape index (κ1) is 21.6. The molecule has 0 spiro atoms. The van der Waals surface area contributed by atoms with E-state index >= 15 is 0 Å². The molecule has 0 fully saturated rings. The van der Waals surface area contributed by atoms with Crippen LogP contribution in [-0.4, -0.2) is 36.9 Å². The molecule has 1 N–H and O–H groups in total. The maximum Gasteiger partial charge on any atom is 0.328 e. The highest BCUT2D eigenvalue weighted by Gasteiger charge is 2.26. The third-order valence-electron chi connectivity index (χ3n) is 4.71. The molecule has 158 valence electrons. The van der Waals surface area contributed by atoms with Crippen molar-refractivity contribution in [3.63, 3.8) is 0 Å². The van der Waals surface area contributed by atoms with Crippen LogP contribution >= 0.6 is 0 Å². The molecule has 0 bridgehead atoms. The summed E-state index contributed by atoms with van der Waals surface area (Å²) in [5, 5.41) is 3.28. The summed E-state index contributed by atoms with van der Waals surface area (Å²) >= 11 is 0. The summed E-state index contributed by atoms with van der Waals surface area (Å²) in [6.07, 6.45) is 1.61. The van der Waals surface area contributed by atoms with Gasteiger partial charge in [0, 0.05) is 24.9 Å². The highest BCUT2D eigenvalue weighted by Crippen LogP contribution is 2.27. The predicted octanol–water partition coefficient (Wildman–Crippen LogP) is 2.80. The number of carbonyl (C=O) groups is 2. The zero-order valence-corrected chi connectivity index (χ0v) is 17.9. The summed E-state index contributed by atoms with van der Waals surface area (Å²) in [4.78, 5) is 24.1. The van der Waals surface area contributed by atoms with Crippen LogP contribution in [0.5, 0.6) is 0 Å². The largest absolute Gasteiger partial charge is 0.464 e. The van der Waals surface area contributed by atoms with Gasteiger partial charge in [0.15, 0.2) is 0 Å². The number of nitrogens with one attached hydrogen (secondary N) is 1. The highest BCUT2D eigenvalue weighted by atomic mass is 32.2. The van der Waals surface area contributed by atoms with E-state index in [1.807, 2.05) is 6.92 Å². The molecular formula is C22H24N2O5S. The quantitative estimate of drug-likeness (QED) is 0.584. The highest BCUT2D eigenvalue weighted by molar-refractivity contribution is 7.90. The normalized spacial score (nSPS) is 12.5. The molecule has 8 heteroatoms. The second kappa shape index (κ2) is 8.71. The van der Waals surface area contributed by atoms with Crippen LogP contribution in [-0.2, 0) is 30.8 Å². The van der Waals surface area contributed by atoms with Crippen molar-refractivity contribution in [2.24, 2.45) is 0 Å². The smallest absolute Gasteiger partial charge is 0.328 e. The van der Waals surface area contributed by atoms with Gasteiger partial charge in [-0.05, 0) is 37.6 Å². The summed E-state index contributed by atoms with van der Waals surface area (Å²) in [7, 11) is -3.84. The van der Waals surface area contributed by atoms with E-state index < -0.39 is 22.0 Å². The van der Waals surface area contributed by atoms with E-state index in [0.717, 1.165) is 5.56 Å². The van der Waals surface area contributed by atoms with Gasteiger partial charge in [0.1, 0.15) is 6.04 Å². The van der Waals surface area contributed by atoms with E-state index in [2.05, 4.69) is 5.32 Å². The molecule has 3 aromatic rings. The maximum atomic E-state index is 13.3. The number of fused-ring (bicyclic) bond motifs is 1. The predicted molar refractivity (Wildman–Crippen MR) is 114 cm³/mol. The molecule has 1 heterocycles. The topological polar surface area (TPSA) is 94.5 Å². The fourth-order valence-corrected chi connectivity index (χ4v) is 4.70. The Kier molecular flexibility index (Phi) is 6.26. The lowest BCUT2D eigenvalue weighted by Gasteiger charge is -2.16. The Bertz CT molecular complexity index is 1180. The molecule has 3 rings (SSSR count). The minimum Gasteiger partial charge on any atom is -0.464 e. The van der Waals surface area contributed by atoms with Crippen molar-refractivity contribution in [1.82, 2.24) is 9.29 Å². The van der Waals surface area contributed by atoms with E-state index in [-0.39, 0.29) is 23.8 Å². The molecule has 30 heavy (non-hydrogen) atoms. The number of carbonyl (C=O) groups excluding carboxylic acids is 2. The fourth-order valence-electron chi connectivity index (χ4n) is 3.30. The summed E-state index contributed by atoms with van der Waals surface area (Å²) < 4.78 is 32.8. The van der Waals surface area contributed by atoms with Crippen molar-refractivity contribution in [3.05, 3.63) is 65.9 Å². The first-order chi connectivity index (χ1) is 14.2. The Morgan fingerprint density at radius 3 is 2.40 bits per heavy atom. The number of hydrogen-bond acceptors (Lipinski definition) is 5. The van der Waals surface area contributed by atoms with Crippen LogP contribution in [0.15, 0.2) is 59.6 Å². The Hall–Kier alpha value is -3.13. The lowest BCUT2D eigenvalue weighted by atomic mass is 10.0. The number of hydrogen-bond donors (Lipinski definition) is 1. The van der Waals surface area contributed by atoms with Gasteiger partial charge in [-0.15, -0.1) is 0 Å². The molecular weight excluding hydrogens is 404 g/mol. The van der Waals surface area contributed by atoms with Crippen molar-refractivity contribution in [1.29, 1.82) is 0 Å². The molecule has 0 aliphatic rings. The number of ether oxygens (including phenoxy) is 1. The zero-order valence-electron chi connectivity index (χ0n) is 17.1. The minimum absolute atomic E-state index is 0.106. The maximum absolute atomic E-state index is 13.3. The van der Waals surface area contributed by atoms with E-state index in [9.17, 15) is 18.0 Å². The first-order valence-corrected chi connectivity index (χ1v) is 11.0. The minimum atomic E-state index is -3.84. The van der Waals surface area contributed by atoms with Crippen LogP contribution in [0.2, 0.25) is 0 Å². The molecule has 1 amide bonds. The summed E-state index contributed by atoms with van der Waals surface area (Å²) in [6.45, 7) is 5.07. The summed E-state index contributed by atoms with van der Waals surface area (Å²) in [6, 6.07) is 12.8. The van der Waals surface area contributed by atoms with Crippen molar-refractivity contribution < 1.29 is 22.7 Å². The van der Waals surface area contributed by atoms with Gasteiger partial charge >= 0.3 is 5.97 Å². The Morgan fingerprint density at radius 1 is 1.10 bits per heavy atom. The van der Waals surface area contributed by atoms with Crippen LogP contribution in [0, 0.1) is 6.92 Å². The van der Waals surface area contributed by atoms with E-state index in [4.69, 9.17) is 4.74 Å². The molecule has 0 saturated heterocycles. The molecule has 0 aliphatic heterocycles. The number of aryl methyl sites for hydroxylation is 1. The van der Waals surface area contributed by atoms with Crippen molar-refractivity contribution >= 4 is 32.8 Å². The van der Waals surface area contributed by atoms with Gasteiger partial charge in [0.25, 0.3) is 10.0 Å². The van der Waals surface area contributed by atoms with Gasteiger partial charge in [0.05, 0.1) is 17.0 Å². The van der Waals surface area contributed by atoms with E-state index in [1.54, 1.807) is 55.5 Å². The van der Waals surface area contributed by atoms with Gasteiger partial charge in [-0.25, -0.2) is 17.2 Å². The molecule has 0 radical (unpaired) electrons. The Morgan fingerprint density at radius 2 is 1.77 bits per heavy atom. The molecule has 1 unspecified atom stereocenters. The van der Waals surface area contributed by atoms with Crippen LogP contribution < -0.4 is 5.32 Å². The molecule has 1 atom stereocenters. The van der Waals surface area contributed by atoms with Crippen LogP contribution in [0.1, 0.15) is 25.0 Å². The summed E-state index contributed by atoms with van der Waals surface area (Å²) in [5.41, 5.74) is 2.08. The lowest BCUT2D eigenvalue weighted by Crippen LogP contribution is -2.42. The number of nitrogens with zero attached hydrogens (tertiary/aromatic N) is 1. The second-order valence-electron chi connectivity index (χ2n) is 6.99. The first-order valence-electron chi connectivity index (χ1n) is 9.59. The van der Waals surface area contributed by atoms with E-state index in [1.165, 1.54) is 17.1 Å². The van der Waals surface area contributed by atoms with Crippen molar-refractivity contribution in [3.8, 4) is 0 Å². The van der Waals surface area contributed by atoms with E-state index in [0.29, 0.717) is 16.5 Å². The summed E-state index contributed by atoms with van der Waals surface area (Å²) in [5.74, 6) is -0.935. The van der Waals surface area contributed by atoms with Gasteiger partial charge in [-0.2, -0.15) is 0 Å².